The van der Waals surface area contributed by atoms with Gasteiger partial charge in [-0.25, -0.2) is 9.07 Å². The van der Waals surface area contributed by atoms with Crippen molar-refractivity contribution in [1.82, 2.24) is 19.8 Å². The van der Waals surface area contributed by atoms with E-state index >= 15 is 0 Å². The number of amides is 1. The van der Waals surface area contributed by atoms with Gasteiger partial charge in [0.15, 0.2) is 5.82 Å². The number of carbonyl (C=O) groups is 1. The number of benzene rings is 1. The molecule has 0 bridgehead atoms. The van der Waals surface area contributed by atoms with E-state index in [-0.39, 0.29) is 22.5 Å². The van der Waals surface area contributed by atoms with Gasteiger partial charge in [0.1, 0.15) is 5.82 Å². The third-order valence-corrected chi connectivity index (χ3v) is 4.78. The van der Waals surface area contributed by atoms with Gasteiger partial charge in [-0.1, -0.05) is 23.9 Å². The number of nitrogens with two attached hydrogens (primary N) is 1. The molecule has 2 aromatic rings. The summed E-state index contributed by atoms with van der Waals surface area (Å²) in [6, 6.07) is 6.21. The van der Waals surface area contributed by atoms with Gasteiger partial charge in [0, 0.05) is 13.1 Å². The Kier molecular flexibility index (Phi) is 5.00. The smallest absolute Gasteiger partial charge is 0.236 e. The summed E-state index contributed by atoms with van der Waals surface area (Å²) < 4.78 is 20.3. The maximum atomic E-state index is 13.9. The van der Waals surface area contributed by atoms with Gasteiger partial charge in [0.2, 0.25) is 11.1 Å². The Morgan fingerprint density at radius 3 is 2.75 bits per heavy atom. The van der Waals surface area contributed by atoms with Crippen LogP contribution in [-0.2, 0) is 9.53 Å². The summed E-state index contributed by atoms with van der Waals surface area (Å²) in [6.45, 7) is 4.06. The van der Waals surface area contributed by atoms with Crippen LogP contribution in [0.15, 0.2) is 29.4 Å². The second-order valence-corrected chi connectivity index (χ2v) is 6.66. The molecule has 128 valence electrons. The lowest BCUT2D eigenvalue weighted by Crippen LogP contribution is -2.44. The summed E-state index contributed by atoms with van der Waals surface area (Å²) in [5.41, 5.74) is 0.270. The normalized spacial score (nSPS) is 16.2. The van der Waals surface area contributed by atoms with Crippen molar-refractivity contribution in [3.8, 4) is 11.4 Å². The molecule has 1 aliphatic heterocycles. The number of nitrogens with zero attached hydrogens (tertiary/aromatic N) is 4. The lowest BCUT2D eigenvalue weighted by Gasteiger charge is -2.28. The van der Waals surface area contributed by atoms with E-state index in [1.165, 1.54) is 22.5 Å². The summed E-state index contributed by atoms with van der Waals surface area (Å²) in [5.74, 6) is 5.79. The molecule has 9 heteroatoms. The zero-order valence-electron chi connectivity index (χ0n) is 13.2. The fourth-order valence-corrected chi connectivity index (χ4v) is 3.29. The Morgan fingerprint density at radius 1 is 1.33 bits per heavy atom. The lowest BCUT2D eigenvalue weighted by atomic mass is 10.2. The Bertz CT molecular complexity index is 732. The molecule has 1 amide bonds. The number of nitrogen functional groups attached to an aromatic ring is 1. The molecule has 3 rings (SSSR count). The second-order valence-electron chi connectivity index (χ2n) is 5.35. The van der Waals surface area contributed by atoms with Crippen LogP contribution in [-0.4, -0.2) is 57.2 Å². The van der Waals surface area contributed by atoms with E-state index in [1.54, 1.807) is 30.0 Å². The fraction of sp³-hybridized carbons (Fsp3) is 0.400. The van der Waals surface area contributed by atoms with Crippen LogP contribution in [0.1, 0.15) is 6.92 Å². The van der Waals surface area contributed by atoms with Crippen molar-refractivity contribution in [2.24, 2.45) is 0 Å². The van der Waals surface area contributed by atoms with Gasteiger partial charge < -0.3 is 15.5 Å². The molecule has 0 spiro atoms. The highest BCUT2D eigenvalue weighted by atomic mass is 32.2. The van der Waals surface area contributed by atoms with E-state index in [2.05, 4.69) is 10.2 Å². The third-order valence-electron chi connectivity index (χ3n) is 3.73. The van der Waals surface area contributed by atoms with Crippen LogP contribution in [0, 0.1) is 5.82 Å². The molecule has 7 nitrogen and oxygen atoms in total. The van der Waals surface area contributed by atoms with Crippen molar-refractivity contribution < 1.29 is 13.9 Å². The van der Waals surface area contributed by atoms with Gasteiger partial charge in [0.05, 0.1) is 24.0 Å². The fourth-order valence-electron chi connectivity index (χ4n) is 2.43. The molecule has 24 heavy (non-hydrogen) atoms. The number of rotatable bonds is 4. The number of morpholine rings is 1. The van der Waals surface area contributed by atoms with E-state index in [0.29, 0.717) is 31.5 Å². The topological polar surface area (TPSA) is 86.3 Å². The van der Waals surface area contributed by atoms with E-state index in [1.807, 2.05) is 0 Å². The highest BCUT2D eigenvalue weighted by molar-refractivity contribution is 8.00. The van der Waals surface area contributed by atoms with Gasteiger partial charge in [-0.3, -0.25) is 4.79 Å². The van der Waals surface area contributed by atoms with Crippen LogP contribution < -0.4 is 5.84 Å². The Labute approximate surface area is 142 Å². The summed E-state index contributed by atoms with van der Waals surface area (Å²) in [4.78, 5) is 14.2. The van der Waals surface area contributed by atoms with Crippen LogP contribution in [0.3, 0.4) is 0 Å². The van der Waals surface area contributed by atoms with Crippen LogP contribution in [0.4, 0.5) is 4.39 Å². The molecule has 0 aliphatic carbocycles. The van der Waals surface area contributed by atoms with E-state index in [4.69, 9.17) is 10.6 Å². The van der Waals surface area contributed by atoms with E-state index < -0.39 is 5.82 Å². The number of halogens is 1. The van der Waals surface area contributed by atoms with Gasteiger partial charge >= 0.3 is 0 Å². The van der Waals surface area contributed by atoms with Crippen molar-refractivity contribution in [1.29, 1.82) is 0 Å². The summed E-state index contributed by atoms with van der Waals surface area (Å²) in [5, 5.41) is 7.93. The molecule has 1 saturated heterocycles. The molecule has 2 N–H and O–H groups in total. The quantitative estimate of drug-likeness (QED) is 0.657. The highest BCUT2D eigenvalue weighted by Gasteiger charge is 2.25. The molecule has 0 radical (unpaired) electrons. The molecule has 0 saturated carbocycles. The van der Waals surface area contributed by atoms with Crippen molar-refractivity contribution in [3.63, 3.8) is 0 Å². The lowest BCUT2D eigenvalue weighted by molar-refractivity contribution is -0.134. The van der Waals surface area contributed by atoms with Crippen molar-refractivity contribution in [2.45, 2.75) is 17.3 Å². The Hall–Kier alpha value is -2.13. The minimum atomic E-state index is -0.425. The predicted molar refractivity (Wildman–Crippen MR) is 88.3 cm³/mol. The molecular weight excluding hydrogens is 333 g/mol. The van der Waals surface area contributed by atoms with Crippen LogP contribution in [0.25, 0.3) is 11.4 Å². The summed E-state index contributed by atoms with van der Waals surface area (Å²) in [6.07, 6.45) is 0. The first-order valence-electron chi connectivity index (χ1n) is 7.56. The molecule has 1 fully saturated rings. The predicted octanol–water partition coefficient (Wildman–Crippen LogP) is 1.14. The van der Waals surface area contributed by atoms with Crippen molar-refractivity contribution in [3.05, 3.63) is 30.1 Å². The number of hydrogen-bond donors (Lipinski definition) is 1. The minimum absolute atomic E-state index is 0.00117. The molecule has 1 aromatic heterocycles. The number of hydrogen-bond acceptors (Lipinski definition) is 6. The van der Waals surface area contributed by atoms with Crippen molar-refractivity contribution in [2.75, 3.05) is 32.1 Å². The molecular formula is C15H18FN5O2S. The van der Waals surface area contributed by atoms with Gasteiger partial charge in [-0.05, 0) is 19.1 Å². The first-order valence-corrected chi connectivity index (χ1v) is 8.44. The zero-order valence-corrected chi connectivity index (χ0v) is 14.0. The Morgan fingerprint density at radius 2 is 2.04 bits per heavy atom. The summed E-state index contributed by atoms with van der Waals surface area (Å²) in [7, 11) is 0. The molecule has 1 atom stereocenters. The SMILES string of the molecule is CC(Sc1nnc(-c2ccccc2F)n1N)C(=O)N1CCOCC1. The van der Waals surface area contributed by atoms with Gasteiger partial charge in [-0.2, -0.15) is 0 Å². The first kappa shape index (κ1) is 16.7. The summed E-state index contributed by atoms with van der Waals surface area (Å²) >= 11 is 1.20. The third kappa shape index (κ3) is 3.36. The first-order chi connectivity index (χ1) is 11.6. The maximum absolute atomic E-state index is 13.9. The molecule has 1 aliphatic rings. The number of carbonyl (C=O) groups excluding carboxylic acids is 1. The number of thioether (sulfide) groups is 1. The minimum Gasteiger partial charge on any atom is -0.378 e. The van der Waals surface area contributed by atoms with Crippen LogP contribution >= 0.6 is 11.8 Å². The zero-order chi connectivity index (χ0) is 17.1. The second kappa shape index (κ2) is 7.18. The molecule has 2 heterocycles. The van der Waals surface area contributed by atoms with Crippen LogP contribution in [0.2, 0.25) is 0 Å². The monoisotopic (exact) mass is 351 g/mol. The average molecular weight is 351 g/mol. The number of ether oxygens (including phenoxy) is 1. The largest absolute Gasteiger partial charge is 0.378 e. The molecule has 1 unspecified atom stereocenters. The van der Waals surface area contributed by atoms with Gasteiger partial charge in [0.25, 0.3) is 0 Å². The van der Waals surface area contributed by atoms with Gasteiger partial charge in [-0.15, -0.1) is 10.2 Å². The Balaban J connectivity index is 1.74. The van der Waals surface area contributed by atoms with E-state index in [9.17, 15) is 9.18 Å². The highest BCUT2D eigenvalue weighted by Crippen LogP contribution is 2.26. The van der Waals surface area contributed by atoms with Crippen LogP contribution in [0.5, 0.6) is 0 Å². The molecule has 1 aromatic carbocycles. The standard InChI is InChI=1S/C15H18FN5O2S/c1-10(14(22)20-6-8-23-9-7-20)24-15-19-18-13(21(15)17)11-4-2-3-5-12(11)16/h2-5,10H,6-9,17H2,1H3. The average Bonchev–Trinajstić information content (AvgIpc) is 2.96. The van der Waals surface area contributed by atoms with E-state index in [0.717, 1.165) is 0 Å². The van der Waals surface area contributed by atoms with Crippen molar-refractivity contribution >= 4 is 17.7 Å². The maximum Gasteiger partial charge on any atom is 0.236 e. The number of aromatic nitrogens is 3.